The van der Waals surface area contributed by atoms with Crippen molar-refractivity contribution >= 4 is 27.8 Å². The maximum Gasteiger partial charge on any atom is 0.166 e. The molecule has 0 aliphatic heterocycles. The number of ether oxygens (including phenoxy) is 1. The van der Waals surface area contributed by atoms with E-state index in [9.17, 15) is 10.2 Å². The van der Waals surface area contributed by atoms with Crippen LogP contribution in [0.5, 0.6) is 17.2 Å². The van der Waals surface area contributed by atoms with Gasteiger partial charge in [0.25, 0.3) is 0 Å². The second-order valence-corrected chi connectivity index (χ2v) is 4.74. The summed E-state index contributed by atoms with van der Waals surface area (Å²) >= 11 is 3.34. The lowest BCUT2D eigenvalue weighted by Crippen LogP contribution is -1.89. The van der Waals surface area contributed by atoms with Gasteiger partial charge in [-0.15, -0.1) is 0 Å². The lowest BCUT2D eigenvalue weighted by molar-refractivity contribution is 0.373. The number of halogens is 1. The molecule has 0 atom stereocenters. The number of aliphatic imine (C=N–C) groups is 1. The maximum atomic E-state index is 9.96. The molecule has 98 valence electrons. The Labute approximate surface area is 119 Å². The molecule has 0 spiro atoms. The highest BCUT2D eigenvalue weighted by Crippen LogP contribution is 2.32. The van der Waals surface area contributed by atoms with Crippen LogP contribution >= 0.6 is 15.9 Å². The minimum absolute atomic E-state index is 0.0354. The quantitative estimate of drug-likeness (QED) is 0.849. The van der Waals surface area contributed by atoms with Crippen molar-refractivity contribution < 1.29 is 14.9 Å². The van der Waals surface area contributed by atoms with Gasteiger partial charge < -0.3 is 14.9 Å². The van der Waals surface area contributed by atoms with E-state index in [0.29, 0.717) is 17.0 Å². The minimum atomic E-state index is 0.0354. The number of rotatable bonds is 3. The molecular weight excluding hydrogens is 310 g/mol. The van der Waals surface area contributed by atoms with Crippen molar-refractivity contribution in [2.24, 2.45) is 4.99 Å². The first-order chi connectivity index (χ1) is 9.10. The Morgan fingerprint density at radius 3 is 2.47 bits per heavy atom. The second kappa shape index (κ2) is 5.75. The molecule has 2 N–H and O–H groups in total. The molecule has 0 saturated carbocycles. The number of benzene rings is 2. The van der Waals surface area contributed by atoms with E-state index in [-0.39, 0.29) is 11.5 Å². The van der Waals surface area contributed by atoms with Gasteiger partial charge in [0, 0.05) is 16.3 Å². The van der Waals surface area contributed by atoms with Crippen LogP contribution in [0, 0.1) is 0 Å². The van der Waals surface area contributed by atoms with Crippen LogP contribution in [0.2, 0.25) is 0 Å². The number of hydrogen-bond acceptors (Lipinski definition) is 4. The molecule has 0 fully saturated rings. The van der Waals surface area contributed by atoms with Crippen LogP contribution < -0.4 is 4.74 Å². The van der Waals surface area contributed by atoms with E-state index in [1.54, 1.807) is 36.4 Å². The van der Waals surface area contributed by atoms with Crippen molar-refractivity contribution in [3.05, 3.63) is 46.4 Å². The second-order valence-electron chi connectivity index (χ2n) is 3.82. The molecule has 0 bridgehead atoms. The Bertz CT molecular complexity index is 609. The fraction of sp³-hybridized carbons (Fsp3) is 0.0714. The smallest absolute Gasteiger partial charge is 0.166 e. The first kappa shape index (κ1) is 13.4. The van der Waals surface area contributed by atoms with Gasteiger partial charge in [0.2, 0.25) is 0 Å². The molecular formula is C14H12BrNO3. The van der Waals surface area contributed by atoms with Crippen molar-refractivity contribution in [2.75, 3.05) is 7.11 Å². The molecule has 0 aliphatic carbocycles. The number of phenolic OH excluding ortho intramolecular Hbond substituents is 2. The van der Waals surface area contributed by atoms with Crippen molar-refractivity contribution in [1.82, 2.24) is 0 Å². The Balaban J connectivity index is 2.32. The first-order valence-corrected chi connectivity index (χ1v) is 6.29. The lowest BCUT2D eigenvalue weighted by Gasteiger charge is -2.06. The van der Waals surface area contributed by atoms with E-state index in [0.717, 1.165) is 4.47 Å². The predicted octanol–water partition coefficient (Wildman–Crippen LogP) is 3.62. The van der Waals surface area contributed by atoms with Crippen molar-refractivity contribution in [3.63, 3.8) is 0 Å². The summed E-state index contributed by atoms with van der Waals surface area (Å²) in [5.41, 5.74) is 1.22. The van der Waals surface area contributed by atoms with E-state index < -0.39 is 0 Å². The fourth-order valence-electron chi connectivity index (χ4n) is 1.53. The minimum Gasteiger partial charge on any atom is -0.508 e. The number of nitrogens with zero attached hydrogens (tertiary/aromatic N) is 1. The predicted molar refractivity (Wildman–Crippen MR) is 77.7 cm³/mol. The molecule has 0 heterocycles. The van der Waals surface area contributed by atoms with Gasteiger partial charge in [0.05, 0.1) is 12.8 Å². The summed E-state index contributed by atoms with van der Waals surface area (Å²) in [6.45, 7) is 0. The van der Waals surface area contributed by atoms with Gasteiger partial charge >= 0.3 is 0 Å². The number of hydrogen-bond donors (Lipinski definition) is 2. The van der Waals surface area contributed by atoms with Crippen molar-refractivity contribution in [3.8, 4) is 17.2 Å². The molecule has 4 nitrogen and oxygen atoms in total. The zero-order chi connectivity index (χ0) is 13.8. The molecule has 2 aromatic carbocycles. The topological polar surface area (TPSA) is 62.0 Å². The van der Waals surface area contributed by atoms with E-state index in [1.165, 1.54) is 13.3 Å². The van der Waals surface area contributed by atoms with Crippen molar-refractivity contribution in [2.45, 2.75) is 0 Å². The molecule has 2 aromatic rings. The van der Waals surface area contributed by atoms with E-state index in [1.807, 2.05) is 0 Å². The monoisotopic (exact) mass is 321 g/mol. The average molecular weight is 322 g/mol. The summed E-state index contributed by atoms with van der Waals surface area (Å²) in [5, 5.41) is 19.1. The number of phenols is 2. The zero-order valence-corrected chi connectivity index (χ0v) is 11.8. The van der Waals surface area contributed by atoms with E-state index in [2.05, 4.69) is 20.9 Å². The Kier molecular flexibility index (Phi) is 4.06. The van der Waals surface area contributed by atoms with Crippen LogP contribution in [0.25, 0.3) is 0 Å². The van der Waals surface area contributed by atoms with Gasteiger partial charge in [-0.05, 0) is 36.4 Å². The molecule has 0 unspecified atom stereocenters. The van der Waals surface area contributed by atoms with Gasteiger partial charge in [-0.2, -0.15) is 0 Å². The molecule has 0 radical (unpaired) electrons. The third-order valence-corrected chi connectivity index (χ3v) is 2.95. The summed E-state index contributed by atoms with van der Waals surface area (Å²) in [6.07, 6.45) is 1.54. The number of methoxy groups -OCH3 is 1. The third-order valence-electron chi connectivity index (χ3n) is 2.49. The molecule has 0 aliphatic rings. The average Bonchev–Trinajstić information content (AvgIpc) is 2.41. The summed E-state index contributed by atoms with van der Waals surface area (Å²) in [5.74, 6) is 0.598. The maximum absolute atomic E-state index is 9.96. The zero-order valence-electron chi connectivity index (χ0n) is 10.2. The highest BCUT2D eigenvalue weighted by molar-refractivity contribution is 9.10. The molecule has 0 aromatic heterocycles. The fourth-order valence-corrected chi connectivity index (χ4v) is 1.99. The normalized spacial score (nSPS) is 10.8. The molecule has 2 rings (SSSR count). The van der Waals surface area contributed by atoms with Crippen LogP contribution in [0.3, 0.4) is 0 Å². The van der Waals surface area contributed by atoms with Crippen molar-refractivity contribution in [1.29, 1.82) is 0 Å². The highest BCUT2D eigenvalue weighted by atomic mass is 79.9. The molecule has 5 heteroatoms. The first-order valence-electron chi connectivity index (χ1n) is 5.50. The van der Waals surface area contributed by atoms with Crippen LogP contribution in [0.15, 0.2) is 45.9 Å². The number of aromatic hydroxyl groups is 2. The standard InChI is InChI=1S/C14H12BrNO3/c1-19-13-7-10(15)6-9(14(13)18)8-16-11-2-4-12(17)5-3-11/h2-8,17-18H,1H3. The van der Waals surface area contributed by atoms with Crippen LogP contribution in [0.4, 0.5) is 5.69 Å². The Hall–Kier alpha value is -2.01. The summed E-state index contributed by atoms with van der Waals surface area (Å²) < 4.78 is 5.85. The Morgan fingerprint density at radius 2 is 1.84 bits per heavy atom. The summed E-state index contributed by atoms with van der Waals surface area (Å²) in [7, 11) is 1.49. The van der Waals surface area contributed by atoms with Gasteiger partial charge in [-0.3, -0.25) is 4.99 Å². The van der Waals surface area contributed by atoms with Crippen LogP contribution in [0.1, 0.15) is 5.56 Å². The third kappa shape index (κ3) is 3.26. The van der Waals surface area contributed by atoms with E-state index >= 15 is 0 Å². The molecule has 0 saturated heterocycles. The summed E-state index contributed by atoms with van der Waals surface area (Å²) in [6, 6.07) is 9.87. The largest absolute Gasteiger partial charge is 0.508 e. The van der Waals surface area contributed by atoms with Crippen LogP contribution in [-0.4, -0.2) is 23.5 Å². The Morgan fingerprint density at radius 1 is 1.16 bits per heavy atom. The van der Waals surface area contributed by atoms with Gasteiger partial charge in [-0.25, -0.2) is 0 Å². The van der Waals surface area contributed by atoms with Crippen LogP contribution in [-0.2, 0) is 0 Å². The van der Waals surface area contributed by atoms with Gasteiger partial charge in [0.15, 0.2) is 11.5 Å². The van der Waals surface area contributed by atoms with Gasteiger partial charge in [-0.1, -0.05) is 15.9 Å². The molecule has 0 amide bonds. The molecule has 19 heavy (non-hydrogen) atoms. The summed E-state index contributed by atoms with van der Waals surface area (Å²) in [4.78, 5) is 4.22. The van der Waals surface area contributed by atoms with E-state index in [4.69, 9.17) is 4.74 Å². The lowest BCUT2D eigenvalue weighted by atomic mass is 10.2. The SMILES string of the molecule is COc1cc(Br)cc(C=Nc2ccc(O)cc2)c1O. The highest BCUT2D eigenvalue weighted by Gasteiger charge is 2.07. The van der Waals surface area contributed by atoms with Gasteiger partial charge in [0.1, 0.15) is 5.75 Å².